The first-order chi connectivity index (χ1) is 13.7. The van der Waals surface area contributed by atoms with Gasteiger partial charge >= 0.3 is 0 Å². The Bertz CT molecular complexity index is 961. The van der Waals surface area contributed by atoms with Crippen molar-refractivity contribution in [2.24, 2.45) is 0 Å². The van der Waals surface area contributed by atoms with E-state index in [0.717, 1.165) is 31.7 Å². The molecule has 7 heteroatoms. The van der Waals surface area contributed by atoms with Crippen LogP contribution in [0.1, 0.15) is 33.7 Å². The summed E-state index contributed by atoms with van der Waals surface area (Å²) >= 11 is 0. The molecule has 0 bridgehead atoms. The van der Waals surface area contributed by atoms with E-state index in [4.69, 9.17) is 4.74 Å². The molecule has 0 saturated carbocycles. The topological polar surface area (TPSA) is 87.3 Å². The van der Waals surface area contributed by atoms with Gasteiger partial charge in [0.05, 0.1) is 5.69 Å². The Morgan fingerprint density at radius 3 is 2.36 bits per heavy atom. The van der Waals surface area contributed by atoms with E-state index < -0.39 is 0 Å². The van der Waals surface area contributed by atoms with Gasteiger partial charge in [0.25, 0.3) is 11.8 Å². The highest BCUT2D eigenvalue weighted by Crippen LogP contribution is 2.22. The van der Waals surface area contributed by atoms with Crippen molar-refractivity contribution in [1.29, 1.82) is 0 Å². The highest BCUT2D eigenvalue weighted by atomic mass is 16.5. The van der Waals surface area contributed by atoms with E-state index in [1.165, 1.54) is 6.20 Å². The first-order valence-electron chi connectivity index (χ1n) is 9.18. The minimum Gasteiger partial charge on any atom is -0.457 e. The van der Waals surface area contributed by atoms with Gasteiger partial charge in [-0.1, -0.05) is 18.2 Å². The number of amides is 2. The number of para-hydroxylation sites is 1. The fourth-order valence-corrected chi connectivity index (χ4v) is 3.11. The zero-order valence-electron chi connectivity index (χ0n) is 15.2. The second kappa shape index (κ2) is 7.96. The Hall–Kier alpha value is -3.61. The average molecular weight is 376 g/mol. The van der Waals surface area contributed by atoms with Crippen LogP contribution in [-0.2, 0) is 0 Å². The van der Waals surface area contributed by atoms with Crippen molar-refractivity contribution in [3.05, 3.63) is 72.1 Å². The van der Waals surface area contributed by atoms with Crippen molar-refractivity contribution in [2.75, 3.05) is 18.4 Å². The third-order valence-corrected chi connectivity index (χ3v) is 4.58. The molecule has 2 N–H and O–H groups in total. The summed E-state index contributed by atoms with van der Waals surface area (Å²) in [6, 6.07) is 16.2. The van der Waals surface area contributed by atoms with Crippen LogP contribution in [-0.4, -0.2) is 40.0 Å². The average Bonchev–Trinajstić information content (AvgIpc) is 3.41. The monoisotopic (exact) mass is 376 g/mol. The fourth-order valence-electron chi connectivity index (χ4n) is 3.11. The minimum atomic E-state index is -0.317. The zero-order chi connectivity index (χ0) is 19.3. The van der Waals surface area contributed by atoms with Crippen LogP contribution in [0.4, 0.5) is 5.69 Å². The summed E-state index contributed by atoms with van der Waals surface area (Å²) in [6.45, 7) is 1.45. The Morgan fingerprint density at radius 2 is 1.64 bits per heavy atom. The van der Waals surface area contributed by atoms with Crippen molar-refractivity contribution in [3.8, 4) is 11.5 Å². The number of hydrogen-bond donors (Lipinski definition) is 2. The summed E-state index contributed by atoms with van der Waals surface area (Å²) in [5.74, 6) is 0.878. The van der Waals surface area contributed by atoms with Gasteiger partial charge in [0.1, 0.15) is 11.5 Å². The van der Waals surface area contributed by atoms with Gasteiger partial charge in [-0.25, -0.2) is 0 Å². The molecule has 142 valence electrons. The van der Waals surface area contributed by atoms with Crippen LogP contribution < -0.4 is 10.1 Å². The van der Waals surface area contributed by atoms with E-state index in [9.17, 15) is 9.59 Å². The first kappa shape index (κ1) is 17.8. The number of ether oxygens (including phenoxy) is 1. The Kier molecular flexibility index (Phi) is 5.05. The molecule has 0 spiro atoms. The van der Waals surface area contributed by atoms with Crippen molar-refractivity contribution in [2.45, 2.75) is 12.8 Å². The number of carbonyl (C=O) groups excluding carboxylic acids is 2. The molecule has 4 rings (SSSR count). The van der Waals surface area contributed by atoms with Gasteiger partial charge in [0, 0.05) is 24.8 Å². The van der Waals surface area contributed by atoms with E-state index in [1.807, 2.05) is 30.3 Å². The van der Waals surface area contributed by atoms with Crippen LogP contribution in [0.15, 0.2) is 60.8 Å². The third-order valence-electron chi connectivity index (χ3n) is 4.58. The second-order valence-corrected chi connectivity index (χ2v) is 6.54. The Labute approximate surface area is 162 Å². The molecule has 1 aliphatic rings. The van der Waals surface area contributed by atoms with Crippen molar-refractivity contribution >= 4 is 17.5 Å². The molecule has 0 unspecified atom stereocenters. The predicted molar refractivity (Wildman–Crippen MR) is 105 cm³/mol. The molecule has 1 aliphatic heterocycles. The largest absolute Gasteiger partial charge is 0.457 e. The first-order valence-corrected chi connectivity index (χ1v) is 9.18. The van der Waals surface area contributed by atoms with Crippen LogP contribution in [0.3, 0.4) is 0 Å². The maximum absolute atomic E-state index is 12.6. The van der Waals surface area contributed by atoms with Gasteiger partial charge in [0.15, 0.2) is 5.69 Å². The summed E-state index contributed by atoms with van der Waals surface area (Å²) in [6.07, 6.45) is 3.51. The maximum Gasteiger partial charge on any atom is 0.276 e. The number of nitrogens with one attached hydrogen (secondary N) is 2. The van der Waals surface area contributed by atoms with Crippen LogP contribution in [0.25, 0.3) is 0 Å². The molecular formula is C21H20N4O3. The third kappa shape index (κ3) is 3.88. The van der Waals surface area contributed by atoms with Crippen molar-refractivity contribution < 1.29 is 14.3 Å². The number of nitrogens with zero attached hydrogens (tertiary/aromatic N) is 2. The Balaban J connectivity index is 1.43. The summed E-state index contributed by atoms with van der Waals surface area (Å²) in [5, 5.41) is 9.44. The lowest BCUT2D eigenvalue weighted by Gasteiger charge is -2.14. The van der Waals surface area contributed by atoms with Gasteiger partial charge in [-0.05, 0) is 49.2 Å². The number of benzene rings is 2. The van der Waals surface area contributed by atoms with E-state index >= 15 is 0 Å². The smallest absolute Gasteiger partial charge is 0.276 e. The van der Waals surface area contributed by atoms with Gasteiger partial charge in [-0.3, -0.25) is 14.7 Å². The van der Waals surface area contributed by atoms with Crippen molar-refractivity contribution in [3.63, 3.8) is 0 Å². The van der Waals surface area contributed by atoms with Crippen LogP contribution in [0.2, 0.25) is 0 Å². The van der Waals surface area contributed by atoms with E-state index in [0.29, 0.717) is 17.0 Å². The highest BCUT2D eigenvalue weighted by molar-refractivity contribution is 6.08. The molecule has 7 nitrogen and oxygen atoms in total. The second-order valence-electron chi connectivity index (χ2n) is 6.54. The number of rotatable bonds is 5. The van der Waals surface area contributed by atoms with E-state index in [-0.39, 0.29) is 17.5 Å². The molecule has 1 saturated heterocycles. The number of aromatic amines is 1. The molecule has 28 heavy (non-hydrogen) atoms. The summed E-state index contributed by atoms with van der Waals surface area (Å²) in [4.78, 5) is 26.9. The quantitative estimate of drug-likeness (QED) is 0.711. The Morgan fingerprint density at radius 1 is 0.964 bits per heavy atom. The molecule has 2 heterocycles. The van der Waals surface area contributed by atoms with E-state index in [2.05, 4.69) is 15.5 Å². The molecule has 0 atom stereocenters. The predicted octanol–water partition coefficient (Wildman–Crippen LogP) is 3.69. The van der Waals surface area contributed by atoms with Gasteiger partial charge in [0.2, 0.25) is 0 Å². The maximum atomic E-state index is 12.6. The molecule has 0 aliphatic carbocycles. The zero-order valence-corrected chi connectivity index (χ0v) is 15.2. The lowest BCUT2D eigenvalue weighted by Crippen LogP contribution is -2.29. The van der Waals surface area contributed by atoms with Gasteiger partial charge in [-0.15, -0.1) is 0 Å². The minimum absolute atomic E-state index is 0.166. The van der Waals surface area contributed by atoms with Crippen molar-refractivity contribution in [1.82, 2.24) is 15.1 Å². The highest BCUT2D eigenvalue weighted by Gasteiger charge is 2.24. The SMILES string of the molecule is O=C(Nc1c[nH]nc1C(=O)N1CCCC1)c1ccc(Oc2ccccc2)cc1. The summed E-state index contributed by atoms with van der Waals surface area (Å²) < 4.78 is 5.73. The number of aromatic nitrogens is 2. The summed E-state index contributed by atoms with van der Waals surface area (Å²) in [5.41, 5.74) is 1.08. The van der Waals surface area contributed by atoms with Crippen LogP contribution in [0.5, 0.6) is 11.5 Å². The van der Waals surface area contributed by atoms with E-state index in [1.54, 1.807) is 29.2 Å². The fraction of sp³-hybridized carbons (Fsp3) is 0.190. The number of H-pyrrole nitrogens is 1. The number of anilines is 1. The molecule has 1 aromatic heterocycles. The molecular weight excluding hydrogens is 356 g/mol. The van der Waals surface area contributed by atoms with Gasteiger partial charge < -0.3 is 15.0 Å². The van der Waals surface area contributed by atoms with Gasteiger partial charge in [-0.2, -0.15) is 5.10 Å². The molecule has 1 fully saturated rings. The molecule has 2 amide bonds. The number of hydrogen-bond acceptors (Lipinski definition) is 4. The number of likely N-dealkylation sites (tertiary alicyclic amines) is 1. The lowest BCUT2D eigenvalue weighted by molar-refractivity contribution is 0.0788. The summed E-state index contributed by atoms with van der Waals surface area (Å²) in [7, 11) is 0. The standard InChI is InChI=1S/C21H20N4O3/c26-20(15-8-10-17(11-9-15)28-16-6-2-1-3-7-16)23-18-14-22-24-19(18)21(27)25-12-4-5-13-25/h1-3,6-11,14H,4-5,12-13H2,(H,22,24)(H,23,26). The molecule has 3 aromatic rings. The van der Waals surface area contributed by atoms with Crippen LogP contribution in [0, 0.1) is 0 Å². The molecule has 2 aromatic carbocycles. The van der Waals surface area contributed by atoms with Crippen LogP contribution >= 0.6 is 0 Å². The lowest BCUT2D eigenvalue weighted by atomic mass is 10.2. The number of carbonyl (C=O) groups is 2. The normalized spacial score (nSPS) is 13.4. The molecule has 0 radical (unpaired) electrons.